The number of thioether (sulfide) groups is 1. The largest absolute Gasteiger partial charge is 0.301 e. The number of amides is 1. The molecule has 0 aromatic heterocycles. The first-order valence-electron chi connectivity index (χ1n) is 8.63. The molecule has 6 nitrogen and oxygen atoms in total. The Hall–Kier alpha value is -2.15. The Balaban J connectivity index is 1.79. The van der Waals surface area contributed by atoms with Crippen molar-refractivity contribution in [3.63, 3.8) is 0 Å². The number of aryl methyl sites for hydroxylation is 1. The smallest absolute Gasteiger partial charge is 0.273 e. The molecule has 0 atom stereocenters. The second-order valence-electron chi connectivity index (χ2n) is 6.29. The zero-order chi connectivity index (χ0) is 17.8. The Bertz CT molecular complexity index is 752. The second kappa shape index (κ2) is 7.82. The monoisotopic (exact) mass is 359 g/mol. The van der Waals surface area contributed by atoms with Crippen LogP contribution in [-0.4, -0.2) is 22.0 Å². The number of carbonyl (C=O) groups is 1. The van der Waals surface area contributed by atoms with Crippen molar-refractivity contribution in [1.29, 1.82) is 0 Å². The lowest BCUT2D eigenvalue weighted by Gasteiger charge is -2.17. The van der Waals surface area contributed by atoms with Crippen LogP contribution in [-0.2, 0) is 11.2 Å². The summed E-state index contributed by atoms with van der Waals surface area (Å²) < 4.78 is 0. The predicted molar refractivity (Wildman–Crippen MR) is 100 cm³/mol. The molecular formula is C18H21N3O3S. The number of nitro benzene ring substituents is 1. The quantitative estimate of drug-likeness (QED) is 0.499. The number of nitrogens with zero attached hydrogens (tertiary/aromatic N) is 2. The van der Waals surface area contributed by atoms with Crippen LogP contribution in [0.25, 0.3) is 6.08 Å². The van der Waals surface area contributed by atoms with Gasteiger partial charge in [0.2, 0.25) is 0 Å². The van der Waals surface area contributed by atoms with E-state index in [9.17, 15) is 14.9 Å². The molecule has 2 fully saturated rings. The maximum absolute atomic E-state index is 12.2. The van der Waals surface area contributed by atoms with Gasteiger partial charge in [-0.3, -0.25) is 19.9 Å². The summed E-state index contributed by atoms with van der Waals surface area (Å²) >= 11 is 1.31. The summed E-state index contributed by atoms with van der Waals surface area (Å²) in [6, 6.07) is 5.37. The van der Waals surface area contributed by atoms with Crippen molar-refractivity contribution in [2.75, 3.05) is 0 Å². The third-order valence-electron chi connectivity index (χ3n) is 4.51. The fourth-order valence-electron chi connectivity index (χ4n) is 3.16. The van der Waals surface area contributed by atoms with Crippen molar-refractivity contribution in [1.82, 2.24) is 5.32 Å². The standard InChI is InChI=1S/C18H21N3O3S/c1-2-13-9-8-12(10-15(13)21(23)24)11-16-17(22)20-18(25-16)19-14-6-4-3-5-7-14/h8-11,14H,2-7H2,1H3,(H,19,20,22). The van der Waals surface area contributed by atoms with Crippen LogP contribution in [0.15, 0.2) is 28.1 Å². The lowest BCUT2D eigenvalue weighted by atomic mass is 9.96. The summed E-state index contributed by atoms with van der Waals surface area (Å²) in [4.78, 5) is 28.1. The van der Waals surface area contributed by atoms with Gasteiger partial charge in [0, 0.05) is 11.6 Å². The molecular weight excluding hydrogens is 338 g/mol. The molecule has 132 valence electrons. The van der Waals surface area contributed by atoms with Crippen LogP contribution in [0.5, 0.6) is 0 Å². The van der Waals surface area contributed by atoms with E-state index >= 15 is 0 Å². The van der Waals surface area contributed by atoms with Crippen LogP contribution in [0.2, 0.25) is 0 Å². The van der Waals surface area contributed by atoms with Crippen LogP contribution in [0.3, 0.4) is 0 Å². The molecule has 0 unspecified atom stereocenters. The van der Waals surface area contributed by atoms with E-state index in [1.165, 1.54) is 37.1 Å². The number of rotatable bonds is 4. The van der Waals surface area contributed by atoms with E-state index in [0.717, 1.165) is 12.8 Å². The summed E-state index contributed by atoms with van der Waals surface area (Å²) in [5.41, 5.74) is 1.44. The van der Waals surface area contributed by atoms with Crippen molar-refractivity contribution in [2.45, 2.75) is 51.5 Å². The molecule has 0 spiro atoms. The molecule has 1 aliphatic heterocycles. The predicted octanol–water partition coefficient (Wildman–Crippen LogP) is 4.05. The number of benzene rings is 1. The van der Waals surface area contributed by atoms with Gasteiger partial charge in [0.1, 0.15) is 0 Å². The van der Waals surface area contributed by atoms with Crippen molar-refractivity contribution in [3.8, 4) is 0 Å². The fraction of sp³-hybridized carbons (Fsp3) is 0.444. The van der Waals surface area contributed by atoms with Gasteiger partial charge in [0.15, 0.2) is 5.17 Å². The molecule has 1 N–H and O–H groups in total. The zero-order valence-electron chi connectivity index (χ0n) is 14.2. The SMILES string of the molecule is CCc1ccc(C=C2SC(=NC3CCCCC3)NC2=O)cc1[N+](=O)[O-]. The van der Waals surface area contributed by atoms with Gasteiger partial charge in [-0.1, -0.05) is 38.3 Å². The highest BCUT2D eigenvalue weighted by Gasteiger charge is 2.25. The van der Waals surface area contributed by atoms with Gasteiger partial charge in [-0.15, -0.1) is 0 Å². The molecule has 0 bridgehead atoms. The molecule has 3 rings (SSSR count). The highest BCUT2D eigenvalue weighted by Crippen LogP contribution is 2.30. The molecule has 1 heterocycles. The average molecular weight is 359 g/mol. The number of carbonyl (C=O) groups excluding carboxylic acids is 1. The molecule has 1 amide bonds. The Morgan fingerprint density at radius 1 is 1.36 bits per heavy atom. The first kappa shape index (κ1) is 17.7. The van der Waals surface area contributed by atoms with Crippen molar-refractivity contribution in [3.05, 3.63) is 44.3 Å². The van der Waals surface area contributed by atoms with Crippen LogP contribution in [0, 0.1) is 10.1 Å². The zero-order valence-corrected chi connectivity index (χ0v) is 15.0. The lowest BCUT2D eigenvalue weighted by molar-refractivity contribution is -0.385. The molecule has 0 radical (unpaired) electrons. The van der Waals surface area contributed by atoms with Crippen LogP contribution in [0.4, 0.5) is 5.69 Å². The maximum atomic E-state index is 12.2. The molecule has 1 aromatic carbocycles. The third kappa shape index (κ3) is 4.28. The highest BCUT2D eigenvalue weighted by atomic mass is 32.2. The Morgan fingerprint density at radius 2 is 2.12 bits per heavy atom. The van der Waals surface area contributed by atoms with E-state index in [1.807, 2.05) is 13.0 Å². The summed E-state index contributed by atoms with van der Waals surface area (Å²) in [7, 11) is 0. The van der Waals surface area contributed by atoms with Crippen molar-refractivity contribution in [2.24, 2.45) is 4.99 Å². The Morgan fingerprint density at radius 3 is 2.80 bits per heavy atom. The van der Waals surface area contributed by atoms with E-state index in [0.29, 0.717) is 33.7 Å². The van der Waals surface area contributed by atoms with Gasteiger partial charge in [-0.2, -0.15) is 0 Å². The summed E-state index contributed by atoms with van der Waals surface area (Å²) in [6.07, 6.45) is 8.08. The number of aliphatic imine (C=N–C) groups is 1. The molecule has 7 heteroatoms. The number of nitrogens with one attached hydrogen (secondary N) is 1. The first-order valence-corrected chi connectivity index (χ1v) is 9.44. The second-order valence-corrected chi connectivity index (χ2v) is 7.32. The average Bonchev–Trinajstić information content (AvgIpc) is 2.94. The highest BCUT2D eigenvalue weighted by molar-refractivity contribution is 8.18. The third-order valence-corrected chi connectivity index (χ3v) is 5.43. The van der Waals surface area contributed by atoms with E-state index in [4.69, 9.17) is 0 Å². The minimum atomic E-state index is -0.376. The maximum Gasteiger partial charge on any atom is 0.273 e. The Labute approximate surface area is 150 Å². The number of hydrogen-bond donors (Lipinski definition) is 1. The van der Waals surface area contributed by atoms with Crippen molar-refractivity contribution < 1.29 is 9.72 Å². The van der Waals surface area contributed by atoms with E-state index in [1.54, 1.807) is 12.1 Å². The summed E-state index contributed by atoms with van der Waals surface area (Å²) in [5.74, 6) is -0.193. The fourth-order valence-corrected chi connectivity index (χ4v) is 4.05. The van der Waals surface area contributed by atoms with Gasteiger partial charge >= 0.3 is 0 Å². The van der Waals surface area contributed by atoms with E-state index in [-0.39, 0.29) is 16.5 Å². The van der Waals surface area contributed by atoms with Crippen LogP contribution >= 0.6 is 11.8 Å². The first-order chi connectivity index (χ1) is 12.1. The molecule has 1 saturated carbocycles. The summed E-state index contributed by atoms with van der Waals surface area (Å²) in [5, 5.41) is 14.6. The number of nitro groups is 1. The van der Waals surface area contributed by atoms with Gasteiger partial charge in [0.05, 0.1) is 15.9 Å². The van der Waals surface area contributed by atoms with Gasteiger partial charge in [0.25, 0.3) is 11.6 Å². The number of hydrogen-bond acceptors (Lipinski definition) is 5. The van der Waals surface area contributed by atoms with Gasteiger partial charge in [-0.25, -0.2) is 0 Å². The lowest BCUT2D eigenvalue weighted by Crippen LogP contribution is -2.22. The molecule has 1 saturated heterocycles. The molecule has 2 aliphatic rings. The normalized spacial score (nSPS) is 21.7. The molecule has 1 aliphatic carbocycles. The van der Waals surface area contributed by atoms with E-state index < -0.39 is 0 Å². The van der Waals surface area contributed by atoms with Crippen LogP contribution in [0.1, 0.15) is 50.2 Å². The van der Waals surface area contributed by atoms with Crippen molar-refractivity contribution >= 4 is 34.6 Å². The van der Waals surface area contributed by atoms with Gasteiger partial charge < -0.3 is 5.32 Å². The van der Waals surface area contributed by atoms with Gasteiger partial charge in [-0.05, 0) is 42.7 Å². The van der Waals surface area contributed by atoms with E-state index in [2.05, 4.69) is 10.3 Å². The minimum Gasteiger partial charge on any atom is -0.301 e. The number of amidine groups is 1. The van der Waals surface area contributed by atoms with Crippen LogP contribution < -0.4 is 5.32 Å². The topological polar surface area (TPSA) is 84.6 Å². The molecule has 25 heavy (non-hydrogen) atoms. The summed E-state index contributed by atoms with van der Waals surface area (Å²) in [6.45, 7) is 1.88. The Kier molecular flexibility index (Phi) is 5.53. The molecule has 1 aromatic rings. The minimum absolute atomic E-state index is 0.0938.